The van der Waals surface area contributed by atoms with Gasteiger partial charge in [-0.05, 0) is 53.2 Å². The van der Waals surface area contributed by atoms with Crippen LogP contribution < -0.4 is 14.3 Å². The third kappa shape index (κ3) is 3.34. The lowest BCUT2D eigenvalue weighted by Crippen LogP contribution is -2.16. The molecule has 0 bridgehead atoms. The van der Waals surface area contributed by atoms with Gasteiger partial charge in [-0.25, -0.2) is 0 Å². The first-order valence-corrected chi connectivity index (χ1v) is 9.29. The van der Waals surface area contributed by atoms with Crippen molar-refractivity contribution >= 4 is 43.4 Å². The number of ether oxygens (including phenoxy) is 2. The van der Waals surface area contributed by atoms with Crippen LogP contribution in [0.2, 0.25) is 0 Å². The molecule has 1 aromatic heterocycles. The van der Waals surface area contributed by atoms with E-state index in [4.69, 9.17) is 9.47 Å². The molecule has 25 heavy (non-hydrogen) atoms. The van der Waals surface area contributed by atoms with Gasteiger partial charge in [0.2, 0.25) is 0 Å². The maximum atomic E-state index is 12.6. The van der Waals surface area contributed by atoms with Gasteiger partial charge < -0.3 is 14.0 Å². The number of methoxy groups -OCH3 is 2. The smallest absolute Gasteiger partial charge is 0.279 e. The Bertz CT molecular complexity index is 1010. The molecule has 0 aliphatic heterocycles. The highest BCUT2D eigenvalue weighted by Gasteiger charge is 2.12. The first-order valence-electron chi connectivity index (χ1n) is 7.68. The van der Waals surface area contributed by atoms with Crippen molar-refractivity contribution in [1.82, 2.24) is 4.57 Å². The Hall–Kier alpha value is -2.12. The molecule has 0 aliphatic rings. The number of nitrogens with zero attached hydrogens (tertiary/aromatic N) is 2. The average molecular weight is 421 g/mol. The molecular formula is C18H17BrN2O3S. The van der Waals surface area contributed by atoms with Crippen LogP contribution >= 0.6 is 27.3 Å². The van der Waals surface area contributed by atoms with Gasteiger partial charge in [0, 0.05) is 16.6 Å². The molecule has 3 rings (SSSR count). The van der Waals surface area contributed by atoms with Crippen LogP contribution in [0.3, 0.4) is 0 Å². The zero-order valence-electron chi connectivity index (χ0n) is 14.1. The number of fused-ring (bicyclic) bond motifs is 1. The van der Waals surface area contributed by atoms with E-state index in [1.165, 1.54) is 18.4 Å². The molecule has 0 fully saturated rings. The number of amides is 1. The molecule has 0 saturated carbocycles. The van der Waals surface area contributed by atoms with Crippen molar-refractivity contribution in [2.24, 2.45) is 4.99 Å². The highest BCUT2D eigenvalue weighted by atomic mass is 79.9. The summed E-state index contributed by atoms with van der Waals surface area (Å²) in [5.41, 5.74) is 1.51. The van der Waals surface area contributed by atoms with Gasteiger partial charge in [0.25, 0.3) is 5.91 Å². The molecule has 130 valence electrons. The zero-order chi connectivity index (χ0) is 18.0. The molecule has 1 heterocycles. The number of hydrogen-bond acceptors (Lipinski definition) is 4. The lowest BCUT2D eigenvalue weighted by Gasteiger charge is -2.07. The number of thiazole rings is 1. The van der Waals surface area contributed by atoms with Crippen molar-refractivity contribution in [2.75, 3.05) is 14.2 Å². The minimum atomic E-state index is -0.314. The topological polar surface area (TPSA) is 52.8 Å². The Morgan fingerprint density at radius 1 is 1.20 bits per heavy atom. The van der Waals surface area contributed by atoms with Gasteiger partial charge in [-0.2, -0.15) is 4.99 Å². The molecule has 0 spiro atoms. The average Bonchev–Trinajstić information content (AvgIpc) is 2.99. The molecule has 0 unspecified atom stereocenters. The molecule has 0 atom stereocenters. The third-order valence-corrected chi connectivity index (χ3v) is 5.48. The molecule has 0 aliphatic carbocycles. The molecule has 2 aromatic carbocycles. The Balaban J connectivity index is 2.10. The number of aryl methyl sites for hydroxylation is 1. The minimum Gasteiger partial charge on any atom is -0.493 e. The van der Waals surface area contributed by atoms with E-state index in [0.29, 0.717) is 21.9 Å². The van der Waals surface area contributed by atoms with Gasteiger partial charge >= 0.3 is 0 Å². The van der Waals surface area contributed by atoms with Crippen LogP contribution in [0.1, 0.15) is 17.3 Å². The lowest BCUT2D eigenvalue weighted by molar-refractivity contribution is 0.0997. The summed E-state index contributed by atoms with van der Waals surface area (Å²) in [5.74, 6) is 0.769. The van der Waals surface area contributed by atoms with E-state index in [2.05, 4.69) is 20.9 Å². The Morgan fingerprint density at radius 2 is 1.96 bits per heavy atom. The first kappa shape index (κ1) is 17.7. The maximum absolute atomic E-state index is 12.6. The van der Waals surface area contributed by atoms with Crippen molar-refractivity contribution in [3.8, 4) is 11.5 Å². The van der Waals surface area contributed by atoms with Crippen molar-refractivity contribution in [2.45, 2.75) is 13.5 Å². The molecule has 0 radical (unpaired) electrons. The SMILES string of the molecule is CCn1c(=NC(=O)c2ccc(OC)c(OC)c2)sc2cccc(Br)c21. The highest BCUT2D eigenvalue weighted by molar-refractivity contribution is 9.10. The number of hydrogen-bond donors (Lipinski definition) is 0. The number of para-hydroxylation sites is 1. The van der Waals surface area contributed by atoms with Gasteiger partial charge in [0.15, 0.2) is 16.3 Å². The van der Waals surface area contributed by atoms with E-state index in [-0.39, 0.29) is 5.91 Å². The summed E-state index contributed by atoms with van der Waals surface area (Å²) in [6.07, 6.45) is 0. The summed E-state index contributed by atoms with van der Waals surface area (Å²) >= 11 is 5.07. The summed E-state index contributed by atoms with van der Waals surface area (Å²) in [6.45, 7) is 2.76. The fourth-order valence-electron chi connectivity index (χ4n) is 2.59. The second kappa shape index (κ2) is 7.41. The number of carbonyl (C=O) groups excluding carboxylic acids is 1. The summed E-state index contributed by atoms with van der Waals surface area (Å²) in [4.78, 5) is 17.6. The minimum absolute atomic E-state index is 0.314. The summed E-state index contributed by atoms with van der Waals surface area (Å²) in [5, 5.41) is 0. The first-order chi connectivity index (χ1) is 12.1. The van der Waals surface area contributed by atoms with Gasteiger partial charge in [0.05, 0.1) is 24.4 Å². The number of halogens is 1. The number of rotatable bonds is 4. The van der Waals surface area contributed by atoms with Crippen LogP contribution in [0.4, 0.5) is 0 Å². The third-order valence-electron chi connectivity index (χ3n) is 3.80. The van der Waals surface area contributed by atoms with Crippen molar-refractivity contribution < 1.29 is 14.3 Å². The molecule has 5 nitrogen and oxygen atoms in total. The standard InChI is InChI=1S/C18H17BrN2O3S/c1-4-21-16-12(19)6-5-7-15(16)25-18(21)20-17(22)11-8-9-13(23-2)14(10-11)24-3/h5-10H,4H2,1-3H3. The quantitative estimate of drug-likeness (QED) is 0.633. The molecule has 1 amide bonds. The Labute approximate surface area is 157 Å². The van der Waals surface area contributed by atoms with Crippen LogP contribution in [0.15, 0.2) is 45.9 Å². The molecular weight excluding hydrogens is 404 g/mol. The summed E-state index contributed by atoms with van der Waals surface area (Å²) in [6, 6.07) is 11.0. The van der Waals surface area contributed by atoms with Crippen LogP contribution in [-0.4, -0.2) is 24.7 Å². The summed E-state index contributed by atoms with van der Waals surface area (Å²) in [7, 11) is 3.10. The Kier molecular flexibility index (Phi) is 5.24. The second-order valence-corrected chi connectivity index (χ2v) is 7.07. The fraction of sp³-hybridized carbons (Fsp3) is 0.222. The van der Waals surface area contributed by atoms with Crippen molar-refractivity contribution in [3.63, 3.8) is 0 Å². The van der Waals surface area contributed by atoms with Crippen LogP contribution in [0.25, 0.3) is 10.2 Å². The zero-order valence-corrected chi connectivity index (χ0v) is 16.5. The number of aromatic nitrogens is 1. The number of benzene rings is 2. The van der Waals surface area contributed by atoms with Gasteiger partial charge in [0.1, 0.15) is 0 Å². The highest BCUT2D eigenvalue weighted by Crippen LogP contribution is 2.28. The lowest BCUT2D eigenvalue weighted by atomic mass is 10.2. The van der Waals surface area contributed by atoms with E-state index in [9.17, 15) is 4.79 Å². The van der Waals surface area contributed by atoms with Gasteiger partial charge in [-0.3, -0.25) is 4.79 Å². The normalized spacial score (nSPS) is 11.8. The van der Waals surface area contributed by atoms with Crippen molar-refractivity contribution in [3.05, 3.63) is 51.2 Å². The molecule has 0 saturated heterocycles. The molecule has 0 N–H and O–H groups in total. The molecule has 3 aromatic rings. The monoisotopic (exact) mass is 420 g/mol. The maximum Gasteiger partial charge on any atom is 0.279 e. The predicted molar refractivity (Wildman–Crippen MR) is 103 cm³/mol. The van der Waals surface area contributed by atoms with Gasteiger partial charge in [-0.1, -0.05) is 17.4 Å². The van der Waals surface area contributed by atoms with E-state index < -0.39 is 0 Å². The fourth-order valence-corrected chi connectivity index (χ4v) is 4.42. The number of carbonyl (C=O) groups is 1. The van der Waals surface area contributed by atoms with Crippen LogP contribution in [0, 0.1) is 0 Å². The van der Waals surface area contributed by atoms with E-state index >= 15 is 0 Å². The summed E-state index contributed by atoms with van der Waals surface area (Å²) < 4.78 is 14.6. The van der Waals surface area contributed by atoms with E-state index in [1.54, 1.807) is 25.3 Å². The van der Waals surface area contributed by atoms with E-state index in [1.807, 2.05) is 29.7 Å². The largest absolute Gasteiger partial charge is 0.493 e. The Morgan fingerprint density at radius 3 is 2.64 bits per heavy atom. The van der Waals surface area contributed by atoms with Crippen LogP contribution in [0.5, 0.6) is 11.5 Å². The molecule has 7 heteroatoms. The van der Waals surface area contributed by atoms with Gasteiger partial charge in [-0.15, -0.1) is 0 Å². The van der Waals surface area contributed by atoms with Crippen molar-refractivity contribution in [1.29, 1.82) is 0 Å². The predicted octanol–water partition coefficient (Wildman–Crippen LogP) is 4.24. The van der Waals surface area contributed by atoms with Crippen LogP contribution in [-0.2, 0) is 6.54 Å². The second-order valence-electron chi connectivity index (χ2n) is 5.20. The van der Waals surface area contributed by atoms with E-state index in [0.717, 1.165) is 21.2 Å².